The number of nitrogens with zero attached hydrogens (tertiary/aromatic N) is 3. The van der Waals surface area contributed by atoms with Gasteiger partial charge in [-0.15, -0.1) is 0 Å². The van der Waals surface area contributed by atoms with E-state index in [2.05, 4.69) is 6.92 Å². The molecule has 1 aliphatic heterocycles. The molecule has 0 fully saturated rings. The molecule has 0 N–H and O–H groups in total. The summed E-state index contributed by atoms with van der Waals surface area (Å²) < 4.78 is 12.8. The number of carbonyl (C=O) groups excluding carboxylic acids is 2. The zero-order chi connectivity index (χ0) is 22.0. The first kappa shape index (κ1) is 20.9. The molecular weight excluding hydrogens is 394 g/mol. The van der Waals surface area contributed by atoms with E-state index >= 15 is 0 Å². The topological polar surface area (TPSA) is 73.7 Å². The second-order valence-electron chi connectivity index (χ2n) is 7.57. The third-order valence-electron chi connectivity index (χ3n) is 5.66. The van der Waals surface area contributed by atoms with Crippen molar-refractivity contribution in [1.29, 1.82) is 0 Å². The molecule has 7 nitrogen and oxygen atoms in total. The van der Waals surface area contributed by atoms with Crippen molar-refractivity contribution in [2.45, 2.75) is 32.7 Å². The van der Waals surface area contributed by atoms with Gasteiger partial charge in [0.1, 0.15) is 5.75 Å². The van der Waals surface area contributed by atoms with Gasteiger partial charge in [0.05, 0.1) is 30.8 Å². The highest BCUT2D eigenvalue weighted by atomic mass is 16.5. The Morgan fingerprint density at radius 1 is 1.13 bits per heavy atom. The zero-order valence-corrected chi connectivity index (χ0v) is 18.1. The summed E-state index contributed by atoms with van der Waals surface area (Å²) in [7, 11) is 1.60. The SMILES string of the molecule is CCCCN1C(=O)[C@@H](C(=O)OCC)[C@H](c2cccc(OC)c2)n2c1nc1ccccc12. The minimum atomic E-state index is -1.01. The molecule has 3 aromatic rings. The number of benzene rings is 2. The maximum atomic E-state index is 13.7. The number of hydrogen-bond donors (Lipinski definition) is 0. The van der Waals surface area contributed by atoms with E-state index in [-0.39, 0.29) is 12.5 Å². The van der Waals surface area contributed by atoms with Gasteiger partial charge in [-0.2, -0.15) is 0 Å². The van der Waals surface area contributed by atoms with Crippen LogP contribution >= 0.6 is 0 Å². The molecule has 4 rings (SSSR count). The highest BCUT2D eigenvalue weighted by molar-refractivity contribution is 6.08. The summed E-state index contributed by atoms with van der Waals surface area (Å²) >= 11 is 0. The number of hydrogen-bond acceptors (Lipinski definition) is 5. The van der Waals surface area contributed by atoms with Crippen molar-refractivity contribution >= 4 is 28.9 Å². The number of esters is 1. The summed E-state index contributed by atoms with van der Waals surface area (Å²) in [6.07, 6.45) is 1.74. The minimum Gasteiger partial charge on any atom is -0.497 e. The number of unbranched alkanes of at least 4 members (excludes halogenated alkanes) is 1. The van der Waals surface area contributed by atoms with Crippen LogP contribution in [0.25, 0.3) is 11.0 Å². The van der Waals surface area contributed by atoms with Crippen LogP contribution in [0, 0.1) is 5.92 Å². The lowest BCUT2D eigenvalue weighted by molar-refractivity contribution is -0.153. The molecule has 2 heterocycles. The Hall–Kier alpha value is -3.35. The van der Waals surface area contributed by atoms with Crippen molar-refractivity contribution in [3.63, 3.8) is 0 Å². The Morgan fingerprint density at radius 3 is 2.68 bits per heavy atom. The second kappa shape index (κ2) is 8.79. The lowest BCUT2D eigenvalue weighted by atomic mass is 9.89. The van der Waals surface area contributed by atoms with Gasteiger partial charge >= 0.3 is 5.97 Å². The van der Waals surface area contributed by atoms with Crippen molar-refractivity contribution in [3.8, 4) is 5.75 Å². The number of aromatic nitrogens is 2. The number of rotatable bonds is 7. The van der Waals surface area contributed by atoms with Gasteiger partial charge in [-0.05, 0) is 43.2 Å². The predicted molar refractivity (Wildman–Crippen MR) is 118 cm³/mol. The van der Waals surface area contributed by atoms with Crippen LogP contribution in [0.3, 0.4) is 0 Å². The third-order valence-corrected chi connectivity index (χ3v) is 5.66. The number of ether oxygens (including phenoxy) is 2. The van der Waals surface area contributed by atoms with E-state index in [1.807, 2.05) is 53.1 Å². The molecule has 0 saturated heterocycles. The van der Waals surface area contributed by atoms with Crippen molar-refractivity contribution < 1.29 is 19.1 Å². The molecule has 0 bridgehead atoms. The summed E-state index contributed by atoms with van der Waals surface area (Å²) in [4.78, 5) is 33.2. The number of para-hydroxylation sites is 2. The predicted octanol–water partition coefficient (Wildman–Crippen LogP) is 3.96. The van der Waals surface area contributed by atoms with E-state index in [0.29, 0.717) is 18.2 Å². The smallest absolute Gasteiger partial charge is 0.321 e. The average Bonchev–Trinajstić information content (AvgIpc) is 3.17. The van der Waals surface area contributed by atoms with Crippen LogP contribution in [-0.2, 0) is 14.3 Å². The summed E-state index contributed by atoms with van der Waals surface area (Å²) in [5.74, 6) is -0.582. The summed E-state index contributed by atoms with van der Waals surface area (Å²) in [5.41, 5.74) is 2.45. The van der Waals surface area contributed by atoms with Crippen LogP contribution in [0.5, 0.6) is 5.75 Å². The highest BCUT2D eigenvalue weighted by Crippen LogP contribution is 2.42. The molecular formula is C24H27N3O4. The lowest BCUT2D eigenvalue weighted by Gasteiger charge is -2.38. The van der Waals surface area contributed by atoms with E-state index in [1.54, 1.807) is 18.9 Å². The van der Waals surface area contributed by atoms with Crippen molar-refractivity contribution in [2.24, 2.45) is 5.92 Å². The Kier molecular flexibility index (Phi) is 5.93. The Bertz CT molecular complexity index is 1110. The molecule has 0 unspecified atom stereocenters. The Morgan fingerprint density at radius 2 is 1.94 bits per heavy atom. The first-order valence-corrected chi connectivity index (χ1v) is 10.7. The molecule has 0 aliphatic carbocycles. The van der Waals surface area contributed by atoms with Gasteiger partial charge in [0.15, 0.2) is 5.92 Å². The Labute approximate surface area is 181 Å². The molecule has 7 heteroatoms. The summed E-state index contributed by atoms with van der Waals surface area (Å²) in [5, 5.41) is 0. The largest absolute Gasteiger partial charge is 0.497 e. The van der Waals surface area contributed by atoms with Gasteiger partial charge < -0.3 is 14.0 Å². The first-order valence-electron chi connectivity index (χ1n) is 10.7. The standard InChI is InChI=1S/C24H27N3O4/c1-4-6-14-26-22(28)20(23(29)31-5-2)21(16-10-9-11-17(15-16)30-3)27-19-13-8-7-12-18(19)25-24(26)27/h7-13,15,20-21H,4-6,14H2,1-3H3/t20-,21-/m0/s1. The number of carbonyl (C=O) groups is 2. The summed E-state index contributed by atoms with van der Waals surface area (Å²) in [6.45, 7) is 4.53. The van der Waals surface area contributed by atoms with Crippen LogP contribution in [0.4, 0.5) is 5.95 Å². The molecule has 0 radical (unpaired) electrons. The summed E-state index contributed by atoms with van der Waals surface area (Å²) in [6, 6.07) is 14.6. The zero-order valence-electron chi connectivity index (χ0n) is 18.1. The number of methoxy groups -OCH3 is 1. The van der Waals surface area contributed by atoms with E-state index in [4.69, 9.17) is 14.5 Å². The number of anilines is 1. The van der Waals surface area contributed by atoms with E-state index in [9.17, 15) is 9.59 Å². The lowest BCUT2D eigenvalue weighted by Crippen LogP contribution is -2.50. The van der Waals surface area contributed by atoms with E-state index in [1.165, 1.54) is 0 Å². The fraction of sp³-hybridized carbons (Fsp3) is 0.375. The van der Waals surface area contributed by atoms with Crippen LogP contribution in [0.2, 0.25) is 0 Å². The third kappa shape index (κ3) is 3.65. The van der Waals surface area contributed by atoms with Crippen LogP contribution in [0.1, 0.15) is 38.3 Å². The monoisotopic (exact) mass is 421 g/mol. The van der Waals surface area contributed by atoms with Gasteiger partial charge in [0, 0.05) is 6.54 Å². The number of imidazole rings is 1. The molecule has 1 aliphatic rings. The van der Waals surface area contributed by atoms with Gasteiger partial charge in [-0.1, -0.05) is 37.6 Å². The van der Waals surface area contributed by atoms with Crippen molar-refractivity contribution in [3.05, 3.63) is 54.1 Å². The molecule has 2 atom stereocenters. The molecule has 1 amide bonds. The van der Waals surface area contributed by atoms with Gasteiger partial charge in [-0.3, -0.25) is 14.5 Å². The van der Waals surface area contributed by atoms with Crippen LogP contribution in [0.15, 0.2) is 48.5 Å². The van der Waals surface area contributed by atoms with Crippen LogP contribution < -0.4 is 9.64 Å². The maximum Gasteiger partial charge on any atom is 0.321 e. The van der Waals surface area contributed by atoms with Gasteiger partial charge in [0.25, 0.3) is 0 Å². The van der Waals surface area contributed by atoms with Crippen molar-refractivity contribution in [1.82, 2.24) is 9.55 Å². The molecule has 1 aromatic heterocycles. The van der Waals surface area contributed by atoms with Gasteiger partial charge in [0.2, 0.25) is 11.9 Å². The Balaban J connectivity index is 1.98. The van der Waals surface area contributed by atoms with Crippen molar-refractivity contribution in [2.75, 3.05) is 25.2 Å². The molecule has 162 valence electrons. The highest BCUT2D eigenvalue weighted by Gasteiger charge is 2.47. The maximum absolute atomic E-state index is 13.7. The van der Waals surface area contributed by atoms with Crippen LogP contribution in [-0.4, -0.2) is 41.7 Å². The van der Waals surface area contributed by atoms with E-state index < -0.39 is 17.9 Å². The normalized spacial score (nSPS) is 18.2. The minimum absolute atomic E-state index is 0.208. The molecule has 2 aromatic carbocycles. The molecule has 0 spiro atoms. The second-order valence-corrected chi connectivity index (χ2v) is 7.57. The fourth-order valence-electron chi connectivity index (χ4n) is 4.20. The first-order chi connectivity index (χ1) is 15.1. The molecule has 0 saturated carbocycles. The average molecular weight is 421 g/mol. The molecule has 31 heavy (non-hydrogen) atoms. The van der Waals surface area contributed by atoms with E-state index in [0.717, 1.165) is 29.4 Å². The quantitative estimate of drug-likeness (QED) is 0.426. The fourth-order valence-corrected chi connectivity index (χ4v) is 4.20. The van der Waals surface area contributed by atoms with Gasteiger partial charge in [-0.25, -0.2) is 4.98 Å². The number of fused-ring (bicyclic) bond motifs is 3. The number of amides is 1.